The summed E-state index contributed by atoms with van der Waals surface area (Å²) >= 11 is 0. The number of ether oxygens (including phenoxy) is 1. The van der Waals surface area contributed by atoms with Crippen LogP contribution in [0.3, 0.4) is 0 Å². The predicted octanol–water partition coefficient (Wildman–Crippen LogP) is 1.09. The fraction of sp³-hybridized carbons (Fsp3) is 0.100. The van der Waals surface area contributed by atoms with Crippen molar-refractivity contribution in [2.75, 3.05) is 6.61 Å². The third-order valence-corrected chi connectivity index (χ3v) is 1.44. The van der Waals surface area contributed by atoms with E-state index < -0.39 is 5.97 Å². The van der Waals surface area contributed by atoms with Crippen molar-refractivity contribution in [1.29, 1.82) is 0 Å². The summed E-state index contributed by atoms with van der Waals surface area (Å²) in [6, 6.07) is 5.87. The van der Waals surface area contributed by atoms with Crippen LogP contribution in [0.15, 0.2) is 36.9 Å². The fourth-order valence-corrected chi connectivity index (χ4v) is 0.815. The first kappa shape index (κ1) is 13.2. The van der Waals surface area contributed by atoms with Crippen LogP contribution in [0.5, 0.6) is 5.75 Å². The predicted molar refractivity (Wildman–Crippen MR) is 55.7 cm³/mol. The van der Waals surface area contributed by atoms with Gasteiger partial charge in [-0.1, -0.05) is 12.7 Å². The van der Waals surface area contributed by atoms with Crippen molar-refractivity contribution < 1.29 is 14.6 Å². The van der Waals surface area contributed by atoms with Crippen molar-refractivity contribution >= 4 is 35.5 Å². The van der Waals surface area contributed by atoms with E-state index in [0.29, 0.717) is 5.56 Å². The van der Waals surface area contributed by atoms with Gasteiger partial charge < -0.3 is 9.84 Å². The molecule has 70 valence electrons. The van der Waals surface area contributed by atoms with Crippen LogP contribution in [0.4, 0.5) is 0 Å². The zero-order valence-electron chi connectivity index (χ0n) is 7.06. The Hall–Kier alpha value is -0.770. The fourth-order valence-electron chi connectivity index (χ4n) is 0.815. The first-order chi connectivity index (χ1) is 6.24. The van der Waals surface area contributed by atoms with Gasteiger partial charge in [0.25, 0.3) is 0 Å². The van der Waals surface area contributed by atoms with Crippen molar-refractivity contribution in [3.05, 3.63) is 42.5 Å². The number of phenolic OH excluding ortho intramolecular Hbond substituents is 1. The van der Waals surface area contributed by atoms with E-state index in [1.807, 2.05) is 0 Å². The SMILES string of the molecule is C=CCOC(=O)c1ccc(O)cc1.[NaH]. The van der Waals surface area contributed by atoms with E-state index in [-0.39, 0.29) is 41.9 Å². The molecule has 1 aromatic rings. The molecule has 0 bridgehead atoms. The van der Waals surface area contributed by atoms with E-state index in [9.17, 15) is 4.79 Å². The van der Waals surface area contributed by atoms with Gasteiger partial charge in [-0.05, 0) is 24.3 Å². The van der Waals surface area contributed by atoms with Gasteiger partial charge in [0, 0.05) is 0 Å². The van der Waals surface area contributed by atoms with Crippen LogP contribution < -0.4 is 0 Å². The average molecular weight is 202 g/mol. The first-order valence-corrected chi connectivity index (χ1v) is 3.81. The standard InChI is InChI=1S/C10H10O3.Na.H/c1-2-7-13-10(12)8-3-5-9(11)6-4-8;;/h2-6,11H,1,7H2;;. The number of hydrogen-bond acceptors (Lipinski definition) is 3. The Morgan fingerprint density at radius 3 is 2.50 bits per heavy atom. The van der Waals surface area contributed by atoms with Crippen molar-refractivity contribution in [2.24, 2.45) is 0 Å². The van der Waals surface area contributed by atoms with Gasteiger partial charge >= 0.3 is 35.5 Å². The van der Waals surface area contributed by atoms with Crippen LogP contribution in [0.25, 0.3) is 0 Å². The number of phenols is 1. The van der Waals surface area contributed by atoms with Crippen LogP contribution in [0.1, 0.15) is 10.4 Å². The zero-order valence-corrected chi connectivity index (χ0v) is 7.06. The van der Waals surface area contributed by atoms with E-state index in [0.717, 1.165) is 0 Å². The molecule has 0 spiro atoms. The Balaban J connectivity index is 0.00000169. The molecule has 0 saturated carbocycles. The Morgan fingerprint density at radius 2 is 2.00 bits per heavy atom. The van der Waals surface area contributed by atoms with Gasteiger partial charge in [0.1, 0.15) is 12.4 Å². The summed E-state index contributed by atoms with van der Waals surface area (Å²) in [7, 11) is 0. The average Bonchev–Trinajstić information content (AvgIpc) is 2.15. The molecular weight excluding hydrogens is 191 g/mol. The molecule has 1 aromatic carbocycles. The Bertz CT molecular complexity index is 306. The van der Waals surface area contributed by atoms with Gasteiger partial charge in [0.05, 0.1) is 5.56 Å². The molecule has 0 aliphatic heterocycles. The van der Waals surface area contributed by atoms with Crippen molar-refractivity contribution in [3.63, 3.8) is 0 Å². The maximum atomic E-state index is 11.2. The number of aromatic hydroxyl groups is 1. The maximum absolute atomic E-state index is 11.2. The molecule has 0 radical (unpaired) electrons. The summed E-state index contributed by atoms with van der Waals surface area (Å²) in [6.07, 6.45) is 1.50. The minimum atomic E-state index is -0.417. The molecule has 1 N–H and O–H groups in total. The van der Waals surface area contributed by atoms with Crippen LogP contribution in [0.2, 0.25) is 0 Å². The molecule has 0 aliphatic carbocycles. The van der Waals surface area contributed by atoms with Gasteiger partial charge in [-0.15, -0.1) is 0 Å². The Kier molecular flexibility index (Phi) is 6.28. The number of carbonyl (C=O) groups is 1. The molecule has 0 atom stereocenters. The monoisotopic (exact) mass is 202 g/mol. The molecule has 1 rings (SSSR count). The van der Waals surface area contributed by atoms with Crippen molar-refractivity contribution in [2.45, 2.75) is 0 Å². The molecule has 0 heterocycles. The summed E-state index contributed by atoms with van der Waals surface area (Å²) in [5, 5.41) is 8.95. The molecule has 3 nitrogen and oxygen atoms in total. The number of rotatable bonds is 3. The van der Waals surface area contributed by atoms with E-state index in [4.69, 9.17) is 9.84 Å². The minimum absolute atomic E-state index is 0. The van der Waals surface area contributed by atoms with Crippen LogP contribution in [-0.2, 0) is 4.74 Å². The van der Waals surface area contributed by atoms with Crippen LogP contribution >= 0.6 is 0 Å². The first-order valence-electron chi connectivity index (χ1n) is 3.81. The van der Waals surface area contributed by atoms with Crippen LogP contribution in [0, 0.1) is 0 Å². The molecule has 0 saturated heterocycles. The van der Waals surface area contributed by atoms with Gasteiger partial charge in [0.15, 0.2) is 0 Å². The zero-order chi connectivity index (χ0) is 9.68. The van der Waals surface area contributed by atoms with Crippen molar-refractivity contribution in [1.82, 2.24) is 0 Å². The third kappa shape index (κ3) is 3.96. The van der Waals surface area contributed by atoms with Gasteiger partial charge in [0.2, 0.25) is 0 Å². The van der Waals surface area contributed by atoms with E-state index in [1.54, 1.807) is 0 Å². The third-order valence-electron chi connectivity index (χ3n) is 1.44. The second-order valence-corrected chi connectivity index (χ2v) is 2.43. The number of esters is 1. The van der Waals surface area contributed by atoms with Gasteiger partial charge in [-0.25, -0.2) is 4.79 Å². The molecule has 0 unspecified atom stereocenters. The topological polar surface area (TPSA) is 46.5 Å². The summed E-state index contributed by atoms with van der Waals surface area (Å²) in [5.41, 5.74) is 0.416. The number of hydrogen-bond donors (Lipinski definition) is 1. The number of benzene rings is 1. The molecule has 4 heteroatoms. The molecule has 0 aliphatic rings. The van der Waals surface area contributed by atoms with Crippen molar-refractivity contribution in [3.8, 4) is 5.75 Å². The van der Waals surface area contributed by atoms with E-state index >= 15 is 0 Å². The van der Waals surface area contributed by atoms with Gasteiger partial charge in [-0.2, -0.15) is 0 Å². The normalized spacial score (nSPS) is 8.57. The van der Waals surface area contributed by atoms with Gasteiger partial charge in [-0.3, -0.25) is 0 Å². The summed E-state index contributed by atoms with van der Waals surface area (Å²) < 4.78 is 4.78. The van der Waals surface area contributed by atoms with E-state index in [2.05, 4.69) is 6.58 Å². The quantitative estimate of drug-likeness (QED) is 0.453. The second kappa shape index (κ2) is 6.65. The van der Waals surface area contributed by atoms with E-state index in [1.165, 1.54) is 30.3 Å². The molecule has 0 aromatic heterocycles. The second-order valence-electron chi connectivity index (χ2n) is 2.43. The molecular formula is C10H11NaO3. The van der Waals surface area contributed by atoms with Crippen LogP contribution in [-0.4, -0.2) is 47.2 Å². The summed E-state index contributed by atoms with van der Waals surface area (Å²) in [4.78, 5) is 11.2. The molecule has 0 amide bonds. The Labute approximate surface area is 105 Å². The molecule has 14 heavy (non-hydrogen) atoms. The number of carbonyl (C=O) groups excluding carboxylic acids is 1. The summed E-state index contributed by atoms with van der Waals surface area (Å²) in [5.74, 6) is -0.292. The Morgan fingerprint density at radius 1 is 1.43 bits per heavy atom. The molecule has 0 fully saturated rings. The summed E-state index contributed by atoms with van der Waals surface area (Å²) in [6.45, 7) is 3.62.